The van der Waals surface area contributed by atoms with Gasteiger partial charge in [-0.3, -0.25) is 0 Å². The molecule has 12 heavy (non-hydrogen) atoms. The number of benzene rings is 1. The van der Waals surface area contributed by atoms with Crippen molar-refractivity contribution in [2.75, 3.05) is 0 Å². The molecule has 0 saturated heterocycles. The summed E-state index contributed by atoms with van der Waals surface area (Å²) in [7, 11) is -1.99. The fourth-order valence-electron chi connectivity index (χ4n) is 0.871. The molecule has 0 aromatic heterocycles. The third-order valence-corrected chi connectivity index (χ3v) is 1.39. The molecule has 0 aliphatic heterocycles. The summed E-state index contributed by atoms with van der Waals surface area (Å²) in [6, 6.07) is 4.31. The first kappa shape index (κ1) is 9.03. The van der Waals surface area contributed by atoms with Crippen LogP contribution in [0.15, 0.2) is 18.2 Å². The number of hydrogen-bond donors (Lipinski definition) is 2. The number of hydrogen-bond acceptors (Lipinski definition) is 3. The maximum atomic E-state index is 12.9. The summed E-state index contributed by atoms with van der Waals surface area (Å²) in [5, 5.41) is 16.8. The summed E-state index contributed by atoms with van der Waals surface area (Å²) >= 11 is 0. The lowest BCUT2D eigenvalue weighted by Crippen LogP contribution is -2.21. The zero-order valence-corrected chi connectivity index (χ0v) is 6.49. The summed E-state index contributed by atoms with van der Waals surface area (Å²) in [5.74, 6) is -0.740. The predicted molar refractivity (Wildman–Crippen MR) is 42.0 cm³/mol. The van der Waals surface area contributed by atoms with Gasteiger partial charge in [-0.2, -0.15) is 0 Å². The van der Waals surface area contributed by atoms with E-state index >= 15 is 0 Å². The minimum atomic E-state index is -1.99. The summed E-state index contributed by atoms with van der Waals surface area (Å²) in [4.78, 5) is 0. The lowest BCUT2D eigenvalue weighted by atomic mass is 10.2. The first-order valence-corrected chi connectivity index (χ1v) is 3.39. The molecule has 2 N–H and O–H groups in total. The molecule has 1 aromatic rings. The van der Waals surface area contributed by atoms with Gasteiger partial charge in [0.25, 0.3) is 0 Å². The average molecular weight is 170 g/mol. The highest BCUT2D eigenvalue weighted by molar-refractivity contribution is 6.33. The van der Waals surface area contributed by atoms with Crippen molar-refractivity contribution in [1.82, 2.24) is 0 Å². The second kappa shape index (κ2) is 3.56. The molecule has 0 aliphatic rings. The lowest BCUT2D eigenvalue weighted by Gasteiger charge is -2.08. The predicted octanol–water partition coefficient (Wildman–Crippen LogP) is 0.482. The SMILES string of the molecule is Cc1cccc(F)c1OB(O)O. The fraction of sp³-hybridized carbons (Fsp3) is 0.143. The van der Waals surface area contributed by atoms with Crippen LogP contribution in [-0.2, 0) is 0 Å². The first-order valence-electron chi connectivity index (χ1n) is 3.39. The Labute approximate surface area is 69.6 Å². The Morgan fingerprint density at radius 1 is 1.42 bits per heavy atom. The molecule has 0 bridgehead atoms. The van der Waals surface area contributed by atoms with E-state index in [1.165, 1.54) is 12.1 Å². The molecule has 0 unspecified atom stereocenters. The molecule has 0 radical (unpaired) electrons. The summed E-state index contributed by atoms with van der Waals surface area (Å²) in [5.41, 5.74) is 0.517. The molecule has 0 aliphatic carbocycles. The molecule has 0 atom stereocenters. The maximum absolute atomic E-state index is 12.9. The highest BCUT2D eigenvalue weighted by Crippen LogP contribution is 2.21. The number of para-hydroxylation sites is 1. The highest BCUT2D eigenvalue weighted by atomic mass is 19.1. The molecule has 64 valence electrons. The van der Waals surface area contributed by atoms with Gasteiger partial charge in [-0.15, -0.1) is 0 Å². The van der Waals surface area contributed by atoms with Gasteiger partial charge in [-0.05, 0) is 18.6 Å². The van der Waals surface area contributed by atoms with Crippen LogP contribution < -0.4 is 4.65 Å². The third kappa shape index (κ3) is 1.96. The van der Waals surface area contributed by atoms with Crippen LogP contribution in [0.3, 0.4) is 0 Å². The van der Waals surface area contributed by atoms with Crippen LogP contribution in [0.2, 0.25) is 0 Å². The molecule has 0 saturated carbocycles. The topological polar surface area (TPSA) is 49.7 Å². The quantitative estimate of drug-likeness (QED) is 0.634. The molecule has 0 spiro atoms. The van der Waals surface area contributed by atoms with Gasteiger partial charge in [0.2, 0.25) is 0 Å². The Morgan fingerprint density at radius 2 is 2.08 bits per heavy atom. The van der Waals surface area contributed by atoms with Crippen molar-refractivity contribution < 1.29 is 19.1 Å². The van der Waals surface area contributed by atoms with Gasteiger partial charge in [0.15, 0.2) is 5.82 Å². The fourth-order valence-corrected chi connectivity index (χ4v) is 0.871. The van der Waals surface area contributed by atoms with Crippen molar-refractivity contribution in [2.45, 2.75) is 6.92 Å². The second-order valence-electron chi connectivity index (χ2n) is 2.33. The van der Waals surface area contributed by atoms with E-state index < -0.39 is 13.1 Å². The maximum Gasteiger partial charge on any atom is 0.707 e. The Hall–Kier alpha value is -1.07. The normalized spacial score (nSPS) is 9.67. The minimum absolute atomic E-state index is 0.132. The number of rotatable bonds is 2. The van der Waals surface area contributed by atoms with E-state index in [1.807, 2.05) is 0 Å². The molecule has 3 nitrogen and oxygen atoms in total. The van der Waals surface area contributed by atoms with Crippen LogP contribution in [-0.4, -0.2) is 17.4 Å². The van der Waals surface area contributed by atoms with Gasteiger partial charge in [0.1, 0.15) is 5.75 Å². The van der Waals surface area contributed by atoms with Crippen LogP contribution in [0.1, 0.15) is 5.56 Å². The molecule has 1 aromatic carbocycles. The summed E-state index contributed by atoms with van der Waals surface area (Å²) < 4.78 is 17.3. The van der Waals surface area contributed by atoms with Gasteiger partial charge in [-0.1, -0.05) is 12.1 Å². The van der Waals surface area contributed by atoms with Crippen molar-refractivity contribution in [3.05, 3.63) is 29.6 Å². The molecular weight excluding hydrogens is 162 g/mol. The van der Waals surface area contributed by atoms with Crippen LogP contribution in [0, 0.1) is 12.7 Å². The van der Waals surface area contributed by atoms with Crippen LogP contribution in [0.25, 0.3) is 0 Å². The zero-order valence-electron chi connectivity index (χ0n) is 6.49. The first-order chi connectivity index (χ1) is 5.61. The Morgan fingerprint density at radius 3 is 2.58 bits per heavy atom. The molecule has 0 amide bonds. The van der Waals surface area contributed by atoms with Crippen molar-refractivity contribution in [3.63, 3.8) is 0 Å². The molecule has 5 heteroatoms. The van der Waals surface area contributed by atoms with E-state index in [0.717, 1.165) is 0 Å². The van der Waals surface area contributed by atoms with Gasteiger partial charge >= 0.3 is 7.32 Å². The summed E-state index contributed by atoms with van der Waals surface area (Å²) in [6.45, 7) is 1.61. The van der Waals surface area contributed by atoms with Gasteiger partial charge in [0.05, 0.1) is 0 Å². The Balaban J connectivity index is 2.96. The van der Waals surface area contributed by atoms with E-state index in [-0.39, 0.29) is 5.75 Å². The second-order valence-corrected chi connectivity index (χ2v) is 2.33. The molecular formula is C7H8BFO3. The summed E-state index contributed by atoms with van der Waals surface area (Å²) in [6.07, 6.45) is 0. The largest absolute Gasteiger partial charge is 0.707 e. The molecule has 1 rings (SSSR count). The van der Waals surface area contributed by atoms with Crippen LogP contribution in [0.4, 0.5) is 4.39 Å². The zero-order chi connectivity index (χ0) is 9.14. The Kier molecular flexibility index (Phi) is 2.67. The minimum Gasteiger partial charge on any atom is -0.509 e. The molecule has 0 heterocycles. The smallest absolute Gasteiger partial charge is 0.509 e. The lowest BCUT2D eigenvalue weighted by molar-refractivity contribution is 0.281. The Bertz CT molecular complexity index is 257. The third-order valence-electron chi connectivity index (χ3n) is 1.39. The van der Waals surface area contributed by atoms with Crippen LogP contribution >= 0.6 is 0 Å². The van der Waals surface area contributed by atoms with Gasteiger partial charge in [0, 0.05) is 0 Å². The standard InChI is InChI=1S/C7H8BFO3/c1-5-3-2-4-6(9)7(5)12-8(10)11/h2-4,10-11H,1H3. The van der Waals surface area contributed by atoms with Crippen LogP contribution in [0.5, 0.6) is 5.75 Å². The van der Waals surface area contributed by atoms with Crippen molar-refractivity contribution in [2.24, 2.45) is 0 Å². The number of halogens is 1. The number of aryl methyl sites for hydroxylation is 1. The van der Waals surface area contributed by atoms with E-state index in [0.29, 0.717) is 5.56 Å². The highest BCUT2D eigenvalue weighted by Gasteiger charge is 2.15. The van der Waals surface area contributed by atoms with E-state index in [1.54, 1.807) is 13.0 Å². The van der Waals surface area contributed by atoms with Gasteiger partial charge < -0.3 is 14.7 Å². The van der Waals surface area contributed by atoms with Crippen molar-refractivity contribution >= 4 is 7.32 Å². The van der Waals surface area contributed by atoms with Crippen molar-refractivity contribution in [3.8, 4) is 5.75 Å². The van der Waals surface area contributed by atoms with E-state index in [2.05, 4.69) is 4.65 Å². The molecule has 0 fully saturated rings. The van der Waals surface area contributed by atoms with E-state index in [9.17, 15) is 4.39 Å². The van der Waals surface area contributed by atoms with Crippen molar-refractivity contribution in [1.29, 1.82) is 0 Å². The monoisotopic (exact) mass is 170 g/mol. The van der Waals surface area contributed by atoms with Gasteiger partial charge in [-0.25, -0.2) is 4.39 Å². The van der Waals surface area contributed by atoms with E-state index in [4.69, 9.17) is 10.0 Å². The average Bonchev–Trinajstić information content (AvgIpc) is 1.97.